The molecule has 19 heavy (non-hydrogen) atoms. The molecule has 1 saturated heterocycles. The van der Waals surface area contributed by atoms with Gasteiger partial charge in [0, 0.05) is 6.04 Å². The predicted molar refractivity (Wildman–Crippen MR) is 76.7 cm³/mol. The summed E-state index contributed by atoms with van der Waals surface area (Å²) in [6, 6.07) is 8.95. The van der Waals surface area contributed by atoms with Gasteiger partial charge >= 0.3 is 0 Å². The highest BCUT2D eigenvalue weighted by Crippen LogP contribution is 2.13. The Morgan fingerprint density at radius 3 is 2.79 bits per heavy atom. The highest BCUT2D eigenvalue weighted by atomic mass is 16.5. The molecule has 0 radical (unpaired) electrons. The molecule has 2 aliphatic rings. The molecule has 1 aliphatic carbocycles. The number of carbonyl (C=O) groups is 1. The van der Waals surface area contributed by atoms with E-state index in [-0.39, 0.29) is 6.23 Å². The van der Waals surface area contributed by atoms with Crippen LogP contribution < -0.4 is 5.32 Å². The van der Waals surface area contributed by atoms with Crippen molar-refractivity contribution in [3.8, 4) is 0 Å². The zero-order valence-electron chi connectivity index (χ0n) is 11.5. The summed E-state index contributed by atoms with van der Waals surface area (Å²) >= 11 is 0. The number of allylic oxidation sites excluding steroid dienone is 1. The molecule has 1 aromatic carbocycles. The molecule has 0 spiro atoms. The van der Waals surface area contributed by atoms with Crippen molar-refractivity contribution in [1.29, 1.82) is 0 Å². The van der Waals surface area contributed by atoms with Gasteiger partial charge in [0.2, 0.25) is 0 Å². The van der Waals surface area contributed by atoms with Gasteiger partial charge in [0.15, 0.2) is 12.5 Å². The molecule has 1 aliphatic heterocycles. The number of hydrogen-bond donors (Lipinski definition) is 1. The quantitative estimate of drug-likeness (QED) is 0.829. The SMILES string of the molecule is C1=Cc2cccc(c2)C1.CC(C)C1COC(C=O)N1. The van der Waals surface area contributed by atoms with Gasteiger partial charge in [-0.3, -0.25) is 10.1 Å². The summed E-state index contributed by atoms with van der Waals surface area (Å²) in [5.41, 5.74) is 2.76. The standard InChI is InChI=1S/C9H8.C7H13NO2/c1-3-8-5-2-6-9(4-1)7-8;1-5(2)6-4-10-7(3-9)8-6/h1-5,7H,6H2;3,5-8H,4H2,1-2H3. The van der Waals surface area contributed by atoms with Gasteiger partial charge in [0.1, 0.15) is 0 Å². The maximum Gasteiger partial charge on any atom is 0.164 e. The number of carbonyl (C=O) groups excluding carboxylic acids is 1. The van der Waals surface area contributed by atoms with Crippen molar-refractivity contribution in [3.05, 3.63) is 41.5 Å². The minimum atomic E-state index is -0.368. The number of aldehydes is 1. The molecule has 3 nitrogen and oxygen atoms in total. The van der Waals surface area contributed by atoms with Crippen LogP contribution >= 0.6 is 0 Å². The molecule has 0 saturated carbocycles. The molecule has 0 amide bonds. The average Bonchev–Trinajstić information content (AvgIpc) is 2.89. The Morgan fingerprint density at radius 2 is 2.26 bits per heavy atom. The minimum absolute atomic E-state index is 0.343. The molecule has 2 unspecified atom stereocenters. The van der Waals surface area contributed by atoms with Crippen LogP contribution in [0.5, 0.6) is 0 Å². The Bertz CT molecular complexity index is 454. The predicted octanol–water partition coefficient (Wildman–Crippen LogP) is 2.41. The summed E-state index contributed by atoms with van der Waals surface area (Å²) in [7, 11) is 0. The molecule has 0 aromatic heterocycles. The van der Waals surface area contributed by atoms with Crippen molar-refractivity contribution in [2.75, 3.05) is 6.61 Å². The van der Waals surface area contributed by atoms with E-state index in [2.05, 4.69) is 55.6 Å². The number of nitrogens with one attached hydrogen (secondary N) is 1. The first-order valence-corrected chi connectivity index (χ1v) is 6.77. The first-order valence-electron chi connectivity index (χ1n) is 6.77. The van der Waals surface area contributed by atoms with E-state index in [1.54, 1.807) is 0 Å². The summed E-state index contributed by atoms with van der Waals surface area (Å²) < 4.78 is 5.10. The molecule has 102 valence electrons. The second kappa shape index (κ2) is 6.64. The van der Waals surface area contributed by atoms with Crippen LogP contribution in [-0.4, -0.2) is 25.2 Å². The smallest absolute Gasteiger partial charge is 0.164 e. The Morgan fingerprint density at radius 1 is 1.42 bits per heavy atom. The van der Waals surface area contributed by atoms with Crippen molar-refractivity contribution in [3.63, 3.8) is 0 Å². The summed E-state index contributed by atoms with van der Waals surface area (Å²) in [5.74, 6) is 0.532. The zero-order valence-corrected chi connectivity index (χ0v) is 11.5. The lowest BCUT2D eigenvalue weighted by atomic mass is 10.0. The lowest BCUT2D eigenvalue weighted by molar-refractivity contribution is -0.116. The lowest BCUT2D eigenvalue weighted by Gasteiger charge is -2.11. The summed E-state index contributed by atoms with van der Waals surface area (Å²) in [5, 5.41) is 3.05. The van der Waals surface area contributed by atoms with Gasteiger partial charge in [-0.2, -0.15) is 0 Å². The van der Waals surface area contributed by atoms with Crippen LogP contribution in [0.2, 0.25) is 0 Å². The van der Waals surface area contributed by atoms with Gasteiger partial charge < -0.3 is 4.74 Å². The van der Waals surface area contributed by atoms with Gasteiger partial charge in [0.05, 0.1) is 6.61 Å². The van der Waals surface area contributed by atoms with E-state index in [9.17, 15) is 4.79 Å². The van der Waals surface area contributed by atoms with E-state index >= 15 is 0 Å². The van der Waals surface area contributed by atoms with E-state index in [1.807, 2.05) is 0 Å². The third-order valence-electron chi connectivity index (χ3n) is 3.38. The van der Waals surface area contributed by atoms with Crippen LogP contribution in [0.3, 0.4) is 0 Å². The maximum atomic E-state index is 10.2. The van der Waals surface area contributed by atoms with Gasteiger partial charge in [-0.05, 0) is 23.5 Å². The van der Waals surface area contributed by atoms with Crippen LogP contribution in [0, 0.1) is 5.92 Å². The number of hydrogen-bond acceptors (Lipinski definition) is 3. The molecular weight excluding hydrogens is 238 g/mol. The van der Waals surface area contributed by atoms with Crippen molar-refractivity contribution < 1.29 is 9.53 Å². The van der Waals surface area contributed by atoms with Crippen molar-refractivity contribution in [2.45, 2.75) is 32.5 Å². The molecule has 1 N–H and O–H groups in total. The third-order valence-corrected chi connectivity index (χ3v) is 3.38. The highest BCUT2D eigenvalue weighted by molar-refractivity contribution is 5.55. The number of benzene rings is 1. The molecule has 3 heteroatoms. The third kappa shape index (κ3) is 4.01. The fourth-order valence-electron chi connectivity index (χ4n) is 2.13. The van der Waals surface area contributed by atoms with E-state index in [1.165, 1.54) is 11.1 Å². The maximum absolute atomic E-state index is 10.2. The molecular formula is C16H21NO2. The van der Waals surface area contributed by atoms with Crippen molar-refractivity contribution >= 4 is 12.4 Å². The first-order chi connectivity index (χ1) is 9.19. The summed E-state index contributed by atoms with van der Waals surface area (Å²) in [6.45, 7) is 4.86. The van der Waals surface area contributed by atoms with Crippen LogP contribution in [-0.2, 0) is 16.0 Å². The van der Waals surface area contributed by atoms with Gasteiger partial charge in [-0.25, -0.2) is 0 Å². The van der Waals surface area contributed by atoms with E-state index in [4.69, 9.17) is 4.74 Å². The van der Waals surface area contributed by atoms with Gasteiger partial charge in [-0.15, -0.1) is 0 Å². The molecule has 2 atom stereocenters. The Kier molecular flexibility index (Phi) is 4.88. The number of ether oxygens (including phenoxy) is 1. The first kappa shape index (κ1) is 14.0. The van der Waals surface area contributed by atoms with Gasteiger partial charge in [-0.1, -0.05) is 50.3 Å². The monoisotopic (exact) mass is 259 g/mol. The largest absolute Gasteiger partial charge is 0.355 e. The molecule has 2 bridgehead atoms. The Labute approximate surface area is 114 Å². The fourth-order valence-corrected chi connectivity index (χ4v) is 2.13. The van der Waals surface area contributed by atoms with Crippen LogP contribution in [0.15, 0.2) is 30.3 Å². The van der Waals surface area contributed by atoms with Crippen LogP contribution in [0.25, 0.3) is 6.08 Å². The lowest BCUT2D eigenvalue weighted by Crippen LogP contribution is -2.34. The van der Waals surface area contributed by atoms with Gasteiger partial charge in [0.25, 0.3) is 0 Å². The van der Waals surface area contributed by atoms with Crippen molar-refractivity contribution in [1.82, 2.24) is 5.32 Å². The van der Waals surface area contributed by atoms with Crippen LogP contribution in [0.4, 0.5) is 0 Å². The zero-order chi connectivity index (χ0) is 13.7. The van der Waals surface area contributed by atoms with E-state index in [0.717, 1.165) is 12.7 Å². The van der Waals surface area contributed by atoms with E-state index < -0.39 is 0 Å². The molecule has 3 rings (SSSR count). The average molecular weight is 259 g/mol. The summed E-state index contributed by atoms with van der Waals surface area (Å²) in [6.07, 6.45) is 5.89. The number of fused-ring (bicyclic) bond motifs is 2. The number of rotatable bonds is 2. The Hall–Kier alpha value is -1.45. The molecule has 1 fully saturated rings. The van der Waals surface area contributed by atoms with Crippen molar-refractivity contribution in [2.24, 2.45) is 5.92 Å². The minimum Gasteiger partial charge on any atom is -0.355 e. The van der Waals surface area contributed by atoms with Crippen LogP contribution in [0.1, 0.15) is 25.0 Å². The second-order valence-corrected chi connectivity index (χ2v) is 5.26. The van der Waals surface area contributed by atoms with E-state index in [0.29, 0.717) is 18.6 Å². The fraction of sp³-hybridized carbons (Fsp3) is 0.438. The topological polar surface area (TPSA) is 38.3 Å². The Balaban J connectivity index is 0.000000141. The molecule has 1 heterocycles. The highest BCUT2D eigenvalue weighted by Gasteiger charge is 2.25. The summed E-state index contributed by atoms with van der Waals surface area (Å²) in [4.78, 5) is 10.2. The normalized spacial score (nSPS) is 23.9. The molecule has 1 aromatic rings. The second-order valence-electron chi connectivity index (χ2n) is 5.26.